The number of nitrogens with one attached hydrogen (secondary N) is 1. The van der Waals surface area contributed by atoms with Crippen LogP contribution in [0.15, 0.2) is 72.4 Å². The number of nitrogens with zero attached hydrogens (tertiary/aromatic N) is 8. The van der Waals surface area contributed by atoms with E-state index in [2.05, 4.69) is 111 Å². The van der Waals surface area contributed by atoms with Crippen LogP contribution in [0, 0.1) is 11.3 Å². The number of nitriles is 1. The minimum Gasteiger partial charge on any atom is -0.408 e. The van der Waals surface area contributed by atoms with Gasteiger partial charge in [0.2, 0.25) is 5.78 Å². The molecule has 0 radical (unpaired) electrons. The second-order valence-corrected chi connectivity index (χ2v) is 35.6. The molecule has 4 aromatic heterocycles. The van der Waals surface area contributed by atoms with Crippen LogP contribution in [0.3, 0.4) is 0 Å². The number of benzene rings is 1. The van der Waals surface area contributed by atoms with Gasteiger partial charge in [-0.05, 0) is 60.2 Å². The van der Waals surface area contributed by atoms with Crippen LogP contribution in [-0.2, 0) is 57.3 Å². The Morgan fingerprint density at radius 2 is 1.56 bits per heavy atom. The van der Waals surface area contributed by atoms with Crippen molar-refractivity contribution in [3.8, 4) is 6.07 Å². The van der Waals surface area contributed by atoms with Crippen LogP contribution in [0.25, 0.3) is 16.9 Å². The summed E-state index contributed by atoms with van der Waals surface area (Å²) in [6.07, 6.45) is -1.41. The maximum Gasteiger partial charge on any atom is 0.386 e. The molecule has 7 heterocycles. The van der Waals surface area contributed by atoms with Crippen molar-refractivity contribution in [2.24, 2.45) is 0 Å². The SMILES string of the molecule is CC(C)(C)[Si](C)(C)O[C@@H]1[C@@H]2OP(=S)(OCCC#N)OC[C@H]3O[C@@H](n4ccc(=O)n5ccnc45)[C@H](OP(=O)(S)OC[C@H]2O[C@H]1n1cnc2c(NC(=O)c4ccccc4)ncnc21)[C@@H]3O[Si](C)(C)C(C)(C)C. The van der Waals surface area contributed by atoms with Crippen molar-refractivity contribution in [3.05, 3.63) is 83.6 Å². The van der Waals surface area contributed by atoms with Gasteiger partial charge in [0, 0.05) is 30.2 Å². The zero-order valence-electron chi connectivity index (χ0n) is 40.5. The summed E-state index contributed by atoms with van der Waals surface area (Å²) in [7, 11) is -5.47. The number of hydrogen-bond acceptors (Lipinski definition) is 18. The largest absolute Gasteiger partial charge is 0.408 e. The molecule has 70 heavy (non-hydrogen) atoms. The summed E-state index contributed by atoms with van der Waals surface area (Å²) in [5.74, 6) is -0.0289. The fourth-order valence-electron chi connectivity index (χ4n) is 7.69. The van der Waals surface area contributed by atoms with E-state index in [4.69, 9.17) is 52.8 Å². The molecule has 378 valence electrons. The summed E-state index contributed by atoms with van der Waals surface area (Å²) in [4.78, 5) is 44.2. The van der Waals surface area contributed by atoms with Crippen molar-refractivity contribution in [2.45, 2.75) is 133 Å². The number of thiol groups is 1. The van der Waals surface area contributed by atoms with Crippen molar-refractivity contribution in [1.29, 1.82) is 5.26 Å². The number of hydrogen-bond donors (Lipinski definition) is 2. The third-order valence-corrected chi connectivity index (χ3v) is 26.4. The summed E-state index contributed by atoms with van der Waals surface area (Å²) >= 11 is 10.8. The molecule has 27 heteroatoms. The van der Waals surface area contributed by atoms with Gasteiger partial charge in [-0.25, -0.2) is 24.5 Å². The molecule has 5 aromatic rings. The Balaban J connectivity index is 1.22. The molecule has 3 aliphatic heterocycles. The first-order chi connectivity index (χ1) is 32.8. The molecule has 8 rings (SSSR count). The molecule has 1 amide bonds. The van der Waals surface area contributed by atoms with Gasteiger partial charge in [0.15, 0.2) is 46.1 Å². The molecular formula is C43H59N9O12P2S2Si2. The molecule has 0 spiro atoms. The molecule has 10 atom stereocenters. The molecule has 2 bridgehead atoms. The Kier molecular flexibility index (Phi) is 15.1. The van der Waals surface area contributed by atoms with Crippen LogP contribution in [0.5, 0.6) is 0 Å². The van der Waals surface area contributed by atoms with E-state index in [9.17, 15) is 19.4 Å². The van der Waals surface area contributed by atoms with Gasteiger partial charge in [-0.1, -0.05) is 72.0 Å². The summed E-state index contributed by atoms with van der Waals surface area (Å²) in [5, 5.41) is 11.8. The maximum atomic E-state index is 14.9. The smallest absolute Gasteiger partial charge is 0.386 e. The molecule has 21 nitrogen and oxygen atoms in total. The van der Waals surface area contributed by atoms with Gasteiger partial charge in [0.1, 0.15) is 43.0 Å². The number of carbonyl (C=O) groups is 1. The van der Waals surface area contributed by atoms with Gasteiger partial charge in [0.05, 0.1) is 38.6 Å². The topological polar surface area (TPSA) is 236 Å². The number of anilines is 1. The zero-order valence-corrected chi connectivity index (χ0v) is 46.0. The zero-order chi connectivity index (χ0) is 50.6. The van der Waals surface area contributed by atoms with E-state index in [-0.39, 0.29) is 58.0 Å². The minimum atomic E-state index is -4.44. The summed E-state index contributed by atoms with van der Waals surface area (Å²) in [6, 6.07) is 12.1. The van der Waals surface area contributed by atoms with Crippen molar-refractivity contribution >= 4 is 82.9 Å². The van der Waals surface area contributed by atoms with Crippen LogP contribution in [0.2, 0.25) is 36.3 Å². The number of aromatic nitrogens is 7. The lowest BCUT2D eigenvalue weighted by Crippen LogP contribution is -2.50. The molecule has 0 aliphatic carbocycles. The number of rotatable bonds is 11. The summed E-state index contributed by atoms with van der Waals surface area (Å²) < 4.78 is 80.1. The standard InChI is InChI=1S/C43H59N9O12P2S2Si2/c1-42(2,3)69(7,8)63-33-29-24-58-66(68,56-22-14-18-44)62-32-28(23-57-65(55,67)61-34(33)39(60-29)51-20-17-30(53)50-21-19-45-41(50)51)59-40(35(32)64-70(9,10)43(4,5)6)52-26-48-31-36(46-25-47-37(31)52)49-38(54)27-15-12-11-13-16-27/h11-13,15-17,19-21,25-26,28-29,32-35,39-40H,14,22-24H2,1-10H3,(H,55,67)(H,46,47,49,54)/t28-,29-,32-,33-,34-,35-,39-,40-,65?,66?/m1/s1. The third-order valence-electron chi connectivity index (χ3n) is 13.5. The fourth-order valence-corrected chi connectivity index (χ4v) is 13.8. The number of carbonyl (C=O) groups excluding carboxylic acids is 1. The van der Waals surface area contributed by atoms with E-state index < -0.39 is 91.7 Å². The summed E-state index contributed by atoms with van der Waals surface area (Å²) in [6.45, 7) is 11.4. The van der Waals surface area contributed by atoms with Crippen molar-refractivity contribution in [1.82, 2.24) is 33.5 Å². The molecule has 3 aliphatic rings. The Labute approximate surface area is 418 Å². The van der Waals surface area contributed by atoms with E-state index in [1.165, 1.54) is 41.7 Å². The normalized spacial score (nSPS) is 29.2. The first-order valence-electron chi connectivity index (χ1n) is 22.7. The highest BCUT2D eigenvalue weighted by Crippen LogP contribution is 2.60. The van der Waals surface area contributed by atoms with Gasteiger partial charge >= 0.3 is 13.5 Å². The van der Waals surface area contributed by atoms with Crippen LogP contribution in [0.1, 0.15) is 70.8 Å². The predicted octanol–water partition coefficient (Wildman–Crippen LogP) is 8.17. The Hall–Kier alpha value is -3.55. The van der Waals surface area contributed by atoms with Gasteiger partial charge < -0.3 is 32.7 Å². The second kappa shape index (κ2) is 20.1. The number of amides is 1. The first-order valence-corrected chi connectivity index (χ1v) is 33.7. The number of fused-ring (bicyclic) bond motifs is 5. The highest BCUT2D eigenvalue weighted by molar-refractivity contribution is 8.44. The van der Waals surface area contributed by atoms with E-state index in [0.29, 0.717) is 5.56 Å². The quantitative estimate of drug-likeness (QED) is 0.0549. The Morgan fingerprint density at radius 3 is 2.24 bits per heavy atom. The number of ether oxygens (including phenoxy) is 2. The molecule has 3 fully saturated rings. The van der Waals surface area contributed by atoms with Crippen LogP contribution >= 0.6 is 25.8 Å². The maximum absolute atomic E-state index is 14.9. The first kappa shape index (κ1) is 52.8. The average molecular weight is 1080 g/mol. The third kappa shape index (κ3) is 10.9. The lowest BCUT2D eigenvalue weighted by Gasteiger charge is -2.41. The van der Waals surface area contributed by atoms with Gasteiger partial charge in [-0.15, -0.1) is 0 Å². The van der Waals surface area contributed by atoms with Crippen molar-refractivity contribution < 1.29 is 50.3 Å². The monoisotopic (exact) mass is 1080 g/mol. The highest BCUT2D eigenvalue weighted by atomic mass is 32.7. The van der Waals surface area contributed by atoms with E-state index in [0.717, 1.165) is 0 Å². The van der Waals surface area contributed by atoms with Crippen LogP contribution in [0.4, 0.5) is 5.82 Å². The average Bonchev–Trinajstić information content (AvgIpc) is 4.08. The van der Waals surface area contributed by atoms with Crippen molar-refractivity contribution in [2.75, 3.05) is 25.1 Å². The van der Waals surface area contributed by atoms with E-state index in [1.807, 2.05) is 6.07 Å². The van der Waals surface area contributed by atoms with Crippen LogP contribution < -0.4 is 10.9 Å². The van der Waals surface area contributed by atoms with E-state index in [1.54, 1.807) is 33.4 Å². The van der Waals surface area contributed by atoms with Gasteiger partial charge in [0.25, 0.3) is 11.5 Å². The lowest BCUT2D eigenvalue weighted by atomic mass is 10.1. The Bertz CT molecular complexity index is 2930. The predicted molar refractivity (Wildman–Crippen MR) is 270 cm³/mol. The van der Waals surface area contributed by atoms with Gasteiger partial charge in [-0.3, -0.25) is 36.7 Å². The molecule has 3 saturated heterocycles. The fraction of sp³-hybridized carbons (Fsp3) is 0.558. The van der Waals surface area contributed by atoms with Crippen molar-refractivity contribution in [3.63, 3.8) is 0 Å². The molecule has 2 unspecified atom stereocenters. The molecule has 0 saturated carbocycles. The van der Waals surface area contributed by atoms with E-state index >= 15 is 0 Å². The molecule has 1 aromatic carbocycles. The molecular weight excluding hydrogens is 1020 g/mol. The Morgan fingerprint density at radius 1 is 0.886 bits per heavy atom. The number of imidazole rings is 2. The highest BCUT2D eigenvalue weighted by Gasteiger charge is 2.57. The molecule has 1 N–H and O–H groups in total. The lowest BCUT2D eigenvalue weighted by molar-refractivity contribution is -0.0599. The summed E-state index contributed by atoms with van der Waals surface area (Å²) in [5.41, 5.74) is 0.627. The van der Waals surface area contributed by atoms with Gasteiger partial charge in [-0.2, -0.15) is 5.26 Å². The second-order valence-electron chi connectivity index (χ2n) is 20.2. The minimum absolute atomic E-state index is 0.0419. The van der Waals surface area contributed by atoms with Crippen LogP contribution in [-0.4, -0.2) is 112 Å².